The van der Waals surface area contributed by atoms with Gasteiger partial charge in [0, 0.05) is 19.5 Å². The highest BCUT2D eigenvalue weighted by atomic mass is 16.3. The quantitative estimate of drug-likeness (QED) is 0.657. The first-order valence-electron chi connectivity index (χ1n) is 5.79. The van der Waals surface area contributed by atoms with Crippen LogP contribution in [-0.2, 0) is 4.79 Å². The number of amides is 1. The number of likely N-dealkylation sites (tertiary alicyclic amines) is 1. The van der Waals surface area contributed by atoms with Gasteiger partial charge in [0.25, 0.3) is 0 Å². The highest BCUT2D eigenvalue weighted by Crippen LogP contribution is 2.13. The molecular formula is C11H21NO3. The Kier molecular flexibility index (Phi) is 5.05. The third-order valence-corrected chi connectivity index (χ3v) is 2.86. The van der Waals surface area contributed by atoms with E-state index in [2.05, 4.69) is 6.92 Å². The van der Waals surface area contributed by atoms with Gasteiger partial charge in [0.15, 0.2) is 0 Å². The zero-order chi connectivity index (χ0) is 11.3. The molecule has 4 nitrogen and oxygen atoms in total. The molecule has 0 radical (unpaired) electrons. The van der Waals surface area contributed by atoms with Crippen LogP contribution in [0.5, 0.6) is 0 Å². The minimum Gasteiger partial charge on any atom is -0.388 e. The van der Waals surface area contributed by atoms with E-state index < -0.39 is 12.2 Å². The predicted molar refractivity (Wildman–Crippen MR) is 57.4 cm³/mol. The van der Waals surface area contributed by atoms with Gasteiger partial charge in [0.1, 0.15) is 0 Å². The van der Waals surface area contributed by atoms with Crippen LogP contribution < -0.4 is 0 Å². The van der Waals surface area contributed by atoms with Gasteiger partial charge in [-0.15, -0.1) is 0 Å². The maximum absolute atomic E-state index is 11.6. The van der Waals surface area contributed by atoms with E-state index in [4.69, 9.17) is 0 Å². The maximum Gasteiger partial charge on any atom is 0.222 e. The predicted octanol–water partition coefficient (Wildman–Crippen LogP) is 0.521. The fourth-order valence-electron chi connectivity index (χ4n) is 1.83. The zero-order valence-corrected chi connectivity index (χ0v) is 9.35. The molecule has 1 rings (SSSR count). The minimum absolute atomic E-state index is 0.0571. The van der Waals surface area contributed by atoms with Crippen LogP contribution in [0.1, 0.15) is 39.0 Å². The van der Waals surface area contributed by atoms with E-state index in [1.165, 1.54) is 6.42 Å². The van der Waals surface area contributed by atoms with Crippen LogP contribution in [0.2, 0.25) is 0 Å². The Balaban J connectivity index is 2.18. The van der Waals surface area contributed by atoms with Crippen LogP contribution in [0, 0.1) is 0 Å². The second-order valence-corrected chi connectivity index (χ2v) is 4.24. The van der Waals surface area contributed by atoms with Crippen LogP contribution in [0.25, 0.3) is 0 Å². The lowest BCUT2D eigenvalue weighted by Gasteiger charge is -2.14. The van der Waals surface area contributed by atoms with Crippen LogP contribution in [0.3, 0.4) is 0 Å². The number of aliphatic hydroxyl groups excluding tert-OH is 2. The summed E-state index contributed by atoms with van der Waals surface area (Å²) in [6.07, 6.45) is 3.35. The molecule has 4 heteroatoms. The van der Waals surface area contributed by atoms with Crippen molar-refractivity contribution in [2.24, 2.45) is 0 Å². The van der Waals surface area contributed by atoms with Crippen molar-refractivity contribution in [2.45, 2.75) is 51.2 Å². The van der Waals surface area contributed by atoms with Crippen molar-refractivity contribution in [3.63, 3.8) is 0 Å². The molecule has 0 spiro atoms. The van der Waals surface area contributed by atoms with Crippen molar-refractivity contribution >= 4 is 5.91 Å². The third kappa shape index (κ3) is 3.80. The van der Waals surface area contributed by atoms with E-state index in [-0.39, 0.29) is 19.0 Å². The molecule has 15 heavy (non-hydrogen) atoms. The molecule has 1 fully saturated rings. The summed E-state index contributed by atoms with van der Waals surface area (Å²) < 4.78 is 0. The second kappa shape index (κ2) is 6.08. The third-order valence-electron chi connectivity index (χ3n) is 2.86. The van der Waals surface area contributed by atoms with Crippen LogP contribution in [0.15, 0.2) is 0 Å². The number of rotatable bonds is 5. The molecule has 1 aliphatic rings. The molecule has 0 bridgehead atoms. The van der Waals surface area contributed by atoms with Crippen molar-refractivity contribution < 1.29 is 15.0 Å². The molecular weight excluding hydrogens is 194 g/mol. The summed E-state index contributed by atoms with van der Waals surface area (Å²) in [6, 6.07) is 0. The molecule has 1 saturated heterocycles. The van der Waals surface area contributed by atoms with Gasteiger partial charge in [0.2, 0.25) is 5.91 Å². The normalized spacial score (nSPS) is 25.9. The summed E-state index contributed by atoms with van der Waals surface area (Å²) in [5.41, 5.74) is 0. The molecule has 1 heterocycles. The molecule has 2 atom stereocenters. The lowest BCUT2D eigenvalue weighted by atomic mass is 10.1. The lowest BCUT2D eigenvalue weighted by Crippen LogP contribution is -2.29. The number of nitrogens with zero attached hydrogens (tertiary/aromatic N) is 1. The van der Waals surface area contributed by atoms with Gasteiger partial charge in [-0.05, 0) is 6.42 Å². The van der Waals surface area contributed by atoms with Crippen molar-refractivity contribution in [3.05, 3.63) is 0 Å². The number of carbonyl (C=O) groups excluding carboxylic acids is 1. The van der Waals surface area contributed by atoms with Gasteiger partial charge in [-0.2, -0.15) is 0 Å². The summed E-state index contributed by atoms with van der Waals surface area (Å²) in [7, 11) is 0. The fraction of sp³-hybridized carbons (Fsp3) is 0.909. The summed E-state index contributed by atoms with van der Waals surface area (Å²) in [4.78, 5) is 13.2. The molecule has 0 aliphatic carbocycles. The number of β-amino-alcohol motifs (C(OH)–C–C–N with tert-alkyl or cyclic N) is 2. The zero-order valence-electron chi connectivity index (χ0n) is 9.35. The first kappa shape index (κ1) is 12.5. The van der Waals surface area contributed by atoms with Gasteiger partial charge in [-0.25, -0.2) is 0 Å². The van der Waals surface area contributed by atoms with E-state index in [0.29, 0.717) is 6.42 Å². The first-order chi connectivity index (χ1) is 7.15. The molecule has 1 amide bonds. The minimum atomic E-state index is -0.760. The summed E-state index contributed by atoms with van der Waals surface area (Å²) in [6.45, 7) is 2.70. The maximum atomic E-state index is 11.6. The summed E-state index contributed by atoms with van der Waals surface area (Å²) in [5, 5.41) is 18.6. The average Bonchev–Trinajstić information content (AvgIpc) is 2.54. The highest BCUT2D eigenvalue weighted by molar-refractivity contribution is 5.76. The smallest absolute Gasteiger partial charge is 0.222 e. The molecule has 0 aromatic carbocycles. The molecule has 0 saturated carbocycles. The Hall–Kier alpha value is -0.610. The highest BCUT2D eigenvalue weighted by Gasteiger charge is 2.31. The standard InChI is InChI=1S/C11H21NO3/c1-2-3-4-5-6-11(15)12-7-9(13)10(14)8-12/h9-10,13-14H,2-8H2,1H3/t9-,10+. The molecule has 0 unspecified atom stereocenters. The topological polar surface area (TPSA) is 60.8 Å². The van der Waals surface area contributed by atoms with Crippen molar-refractivity contribution in [3.8, 4) is 0 Å². The molecule has 0 aromatic rings. The number of carbonyl (C=O) groups is 1. The number of hydrogen-bond acceptors (Lipinski definition) is 3. The van der Waals surface area contributed by atoms with E-state index >= 15 is 0 Å². The molecule has 0 aromatic heterocycles. The van der Waals surface area contributed by atoms with E-state index in [0.717, 1.165) is 19.3 Å². The van der Waals surface area contributed by atoms with E-state index in [1.807, 2.05) is 0 Å². The largest absolute Gasteiger partial charge is 0.388 e. The van der Waals surface area contributed by atoms with Gasteiger partial charge in [-0.1, -0.05) is 26.2 Å². The Morgan fingerprint density at radius 3 is 2.33 bits per heavy atom. The second-order valence-electron chi connectivity index (χ2n) is 4.24. The Labute approximate surface area is 90.9 Å². The monoisotopic (exact) mass is 215 g/mol. The Bertz CT molecular complexity index is 198. The number of unbranched alkanes of at least 4 members (excludes halogenated alkanes) is 3. The van der Waals surface area contributed by atoms with Gasteiger partial charge in [-0.3, -0.25) is 4.79 Å². The van der Waals surface area contributed by atoms with Gasteiger partial charge < -0.3 is 15.1 Å². The van der Waals surface area contributed by atoms with Gasteiger partial charge >= 0.3 is 0 Å². The van der Waals surface area contributed by atoms with Crippen molar-refractivity contribution in [2.75, 3.05) is 13.1 Å². The van der Waals surface area contributed by atoms with Crippen LogP contribution in [0.4, 0.5) is 0 Å². The molecule has 2 N–H and O–H groups in total. The summed E-state index contributed by atoms with van der Waals surface area (Å²) >= 11 is 0. The molecule has 1 aliphatic heterocycles. The van der Waals surface area contributed by atoms with E-state index in [1.54, 1.807) is 4.90 Å². The molecule has 88 valence electrons. The van der Waals surface area contributed by atoms with Crippen LogP contribution >= 0.6 is 0 Å². The fourth-order valence-corrected chi connectivity index (χ4v) is 1.83. The van der Waals surface area contributed by atoms with Crippen molar-refractivity contribution in [1.29, 1.82) is 0 Å². The van der Waals surface area contributed by atoms with Crippen LogP contribution in [-0.4, -0.2) is 46.3 Å². The summed E-state index contributed by atoms with van der Waals surface area (Å²) in [5.74, 6) is 0.0571. The first-order valence-corrected chi connectivity index (χ1v) is 5.79. The Morgan fingerprint density at radius 2 is 1.80 bits per heavy atom. The Morgan fingerprint density at radius 1 is 1.20 bits per heavy atom. The SMILES string of the molecule is CCCCCCC(=O)N1C[C@@H](O)[C@@H](O)C1. The van der Waals surface area contributed by atoms with Crippen molar-refractivity contribution in [1.82, 2.24) is 4.90 Å². The average molecular weight is 215 g/mol. The van der Waals surface area contributed by atoms with E-state index in [9.17, 15) is 15.0 Å². The number of hydrogen-bond donors (Lipinski definition) is 2. The van der Waals surface area contributed by atoms with Gasteiger partial charge in [0.05, 0.1) is 12.2 Å². The number of aliphatic hydroxyl groups is 2. The lowest BCUT2D eigenvalue weighted by molar-refractivity contribution is -0.130.